The lowest BCUT2D eigenvalue weighted by Gasteiger charge is -2.14. The Morgan fingerprint density at radius 2 is 2.03 bits per heavy atom. The van der Waals surface area contributed by atoms with E-state index in [1.165, 1.54) is 12.7 Å². The highest BCUT2D eigenvalue weighted by Crippen LogP contribution is 2.38. The number of esters is 1. The van der Waals surface area contributed by atoms with Crippen LogP contribution in [0.15, 0.2) is 35.0 Å². The largest absolute Gasteiger partial charge is 0.468 e. The van der Waals surface area contributed by atoms with Gasteiger partial charge < -0.3 is 14.6 Å². The van der Waals surface area contributed by atoms with Crippen molar-refractivity contribution in [2.45, 2.75) is 32.2 Å². The number of allylic oxidation sites excluding steroid dienone is 2. The van der Waals surface area contributed by atoms with Crippen LogP contribution in [0, 0.1) is 0 Å². The molecule has 1 amide bonds. The minimum atomic E-state index is -0.309. The number of nitrogens with zero attached hydrogens (tertiary/aromatic N) is 2. The third kappa shape index (κ3) is 2.08. The lowest BCUT2D eigenvalue weighted by molar-refractivity contribution is -0.141. The molecule has 3 aliphatic rings. The predicted molar refractivity (Wildman–Crippen MR) is 110 cm³/mol. The van der Waals surface area contributed by atoms with Gasteiger partial charge in [0, 0.05) is 39.0 Å². The molecule has 2 aliphatic heterocycles. The summed E-state index contributed by atoms with van der Waals surface area (Å²) in [6.07, 6.45) is 5.90. The summed E-state index contributed by atoms with van der Waals surface area (Å²) in [7, 11) is 1.40. The lowest BCUT2D eigenvalue weighted by Crippen LogP contribution is -2.25. The Labute approximate surface area is 166 Å². The molecule has 0 saturated carbocycles. The molecule has 29 heavy (non-hydrogen) atoms. The fraction of sp³-hybridized carbons (Fsp3) is 0.261. The van der Waals surface area contributed by atoms with Gasteiger partial charge in [0.05, 0.1) is 23.5 Å². The van der Waals surface area contributed by atoms with Crippen LogP contribution in [-0.2, 0) is 16.1 Å². The number of rotatable bonds is 2. The van der Waals surface area contributed by atoms with E-state index in [2.05, 4.69) is 5.32 Å². The molecule has 0 radical (unpaired) electrons. The molecule has 6 heteroatoms. The molecule has 3 aromatic rings. The zero-order chi connectivity index (χ0) is 19.7. The number of ether oxygens (including phenoxy) is 1. The maximum absolute atomic E-state index is 12.8. The first-order chi connectivity index (χ1) is 14.2. The van der Waals surface area contributed by atoms with Gasteiger partial charge in [0.2, 0.25) is 0 Å². The van der Waals surface area contributed by atoms with Crippen molar-refractivity contribution in [1.82, 2.24) is 9.88 Å². The highest BCUT2D eigenvalue weighted by molar-refractivity contribution is 6.16. The molecule has 1 aromatic heterocycles. The van der Waals surface area contributed by atoms with E-state index < -0.39 is 0 Å². The molecule has 6 rings (SSSR count). The van der Waals surface area contributed by atoms with Crippen molar-refractivity contribution in [2.75, 3.05) is 7.11 Å². The molecule has 1 N–H and O–H groups in total. The van der Waals surface area contributed by atoms with Gasteiger partial charge in [-0.3, -0.25) is 14.6 Å². The molecule has 2 aromatic carbocycles. The van der Waals surface area contributed by atoms with Gasteiger partial charge in [-0.1, -0.05) is 18.2 Å². The number of carbonyl (C=O) groups excluding carboxylic acids is 2. The Balaban J connectivity index is 1.85. The second-order valence-electron chi connectivity index (χ2n) is 7.78. The van der Waals surface area contributed by atoms with Crippen LogP contribution in [0.2, 0.25) is 0 Å². The van der Waals surface area contributed by atoms with Crippen LogP contribution >= 0.6 is 0 Å². The maximum atomic E-state index is 12.8. The summed E-state index contributed by atoms with van der Waals surface area (Å²) in [5.74, 6) is -0.381. The second kappa shape index (κ2) is 5.80. The van der Waals surface area contributed by atoms with Crippen molar-refractivity contribution >= 4 is 45.5 Å². The number of fused-ring (bicyclic) bond motifs is 9. The van der Waals surface area contributed by atoms with Crippen LogP contribution in [0.5, 0.6) is 0 Å². The van der Waals surface area contributed by atoms with Crippen LogP contribution < -0.4 is 15.9 Å². The molecule has 1 aliphatic carbocycles. The summed E-state index contributed by atoms with van der Waals surface area (Å²) in [5.41, 5.74) is 5.83. The fourth-order valence-electron chi connectivity index (χ4n) is 5.09. The minimum Gasteiger partial charge on any atom is -0.468 e. The summed E-state index contributed by atoms with van der Waals surface area (Å²) < 4.78 is 6.96. The van der Waals surface area contributed by atoms with Crippen molar-refractivity contribution in [2.24, 2.45) is 4.99 Å². The Bertz CT molecular complexity index is 1430. The molecule has 6 nitrogen and oxygen atoms in total. The van der Waals surface area contributed by atoms with Crippen LogP contribution in [0.1, 0.15) is 41.6 Å². The Morgan fingerprint density at radius 3 is 2.90 bits per heavy atom. The van der Waals surface area contributed by atoms with Crippen LogP contribution in [0.3, 0.4) is 0 Å². The van der Waals surface area contributed by atoms with E-state index in [0.29, 0.717) is 0 Å². The molecular formula is C23H19N3O3. The molecule has 3 heterocycles. The number of hydrogen-bond acceptors (Lipinski definition) is 4. The molecule has 0 atom stereocenters. The van der Waals surface area contributed by atoms with Crippen molar-refractivity contribution in [1.29, 1.82) is 0 Å². The second-order valence-corrected chi connectivity index (χ2v) is 7.78. The SMILES string of the molecule is COC(=O)Cn1c2ccccc2c2c3c(c4c(c21)=NC1=C4CCCC1)C(=O)NC=3. The number of para-hydroxylation sites is 1. The number of nitrogens with one attached hydrogen (secondary N) is 1. The van der Waals surface area contributed by atoms with Crippen LogP contribution in [-0.4, -0.2) is 23.6 Å². The number of hydrogen-bond donors (Lipinski definition) is 1. The lowest BCUT2D eigenvalue weighted by atomic mass is 9.89. The van der Waals surface area contributed by atoms with Gasteiger partial charge in [-0.05, 0) is 37.3 Å². The smallest absolute Gasteiger partial charge is 0.325 e. The van der Waals surface area contributed by atoms with E-state index in [1.807, 2.05) is 28.8 Å². The van der Waals surface area contributed by atoms with Gasteiger partial charge in [-0.25, -0.2) is 0 Å². The van der Waals surface area contributed by atoms with E-state index >= 15 is 0 Å². The normalized spacial score (nSPS) is 16.9. The molecule has 0 saturated heterocycles. The monoisotopic (exact) mass is 385 g/mol. The van der Waals surface area contributed by atoms with Crippen LogP contribution in [0.4, 0.5) is 0 Å². The first-order valence-electron chi connectivity index (χ1n) is 9.95. The van der Waals surface area contributed by atoms with E-state index in [0.717, 1.165) is 74.9 Å². The van der Waals surface area contributed by atoms with Crippen molar-refractivity contribution < 1.29 is 14.3 Å². The third-order valence-electron chi connectivity index (χ3n) is 6.30. The standard InChI is InChI=1S/C23H19N3O3/c1-29-17(27)11-26-16-9-5-3-7-13(16)18-14-10-24-23(28)20(14)19-12-6-2-4-8-15(12)25-21(19)22(18)26/h3,5,7,9-10H,2,4,6,8,11H2,1H3,(H,24,28). The summed E-state index contributed by atoms with van der Waals surface area (Å²) in [5, 5.41) is 6.61. The molecule has 0 spiro atoms. The van der Waals surface area contributed by atoms with Gasteiger partial charge in [-0.2, -0.15) is 0 Å². The first-order valence-corrected chi connectivity index (χ1v) is 9.95. The number of benzene rings is 2. The Hall–Kier alpha value is -3.41. The van der Waals surface area contributed by atoms with Gasteiger partial charge in [0.1, 0.15) is 6.54 Å². The average Bonchev–Trinajstić information content (AvgIpc) is 3.40. The summed E-state index contributed by atoms with van der Waals surface area (Å²) in [6, 6.07) is 7.98. The summed E-state index contributed by atoms with van der Waals surface area (Å²) in [6.45, 7) is 0.104. The zero-order valence-electron chi connectivity index (χ0n) is 16.0. The van der Waals surface area contributed by atoms with E-state index in [1.54, 1.807) is 6.20 Å². The van der Waals surface area contributed by atoms with E-state index in [-0.39, 0.29) is 18.4 Å². The Morgan fingerprint density at radius 1 is 1.21 bits per heavy atom. The average molecular weight is 385 g/mol. The quantitative estimate of drug-likeness (QED) is 0.689. The van der Waals surface area contributed by atoms with Gasteiger partial charge in [0.25, 0.3) is 5.91 Å². The highest BCUT2D eigenvalue weighted by Gasteiger charge is 2.32. The summed E-state index contributed by atoms with van der Waals surface area (Å²) in [4.78, 5) is 30.1. The zero-order valence-corrected chi connectivity index (χ0v) is 16.0. The number of amides is 1. The van der Waals surface area contributed by atoms with E-state index in [4.69, 9.17) is 9.73 Å². The van der Waals surface area contributed by atoms with Crippen molar-refractivity contribution in [3.05, 3.63) is 51.7 Å². The van der Waals surface area contributed by atoms with Crippen molar-refractivity contribution in [3.8, 4) is 0 Å². The molecule has 144 valence electrons. The van der Waals surface area contributed by atoms with E-state index in [9.17, 15) is 9.59 Å². The summed E-state index contributed by atoms with van der Waals surface area (Å²) >= 11 is 0. The van der Waals surface area contributed by atoms with Crippen LogP contribution in [0.25, 0.3) is 33.6 Å². The predicted octanol–water partition coefficient (Wildman–Crippen LogP) is 2.37. The number of carbonyl (C=O) groups is 2. The van der Waals surface area contributed by atoms with Gasteiger partial charge >= 0.3 is 5.97 Å². The van der Waals surface area contributed by atoms with Gasteiger partial charge in [-0.15, -0.1) is 0 Å². The molecule has 0 fully saturated rings. The topological polar surface area (TPSA) is 72.7 Å². The van der Waals surface area contributed by atoms with Crippen molar-refractivity contribution in [3.63, 3.8) is 0 Å². The maximum Gasteiger partial charge on any atom is 0.325 e. The number of methoxy groups -OCH3 is 1. The third-order valence-corrected chi connectivity index (χ3v) is 6.30. The number of aromatic nitrogens is 1. The molecular weight excluding hydrogens is 366 g/mol. The first kappa shape index (κ1) is 16.5. The Kier molecular flexibility index (Phi) is 3.30. The molecule has 0 unspecified atom stereocenters. The highest BCUT2D eigenvalue weighted by atomic mass is 16.5. The fourth-order valence-corrected chi connectivity index (χ4v) is 5.09. The molecule has 0 bridgehead atoms. The minimum absolute atomic E-state index is 0.0718. The van der Waals surface area contributed by atoms with Gasteiger partial charge in [0.15, 0.2) is 0 Å².